The van der Waals surface area contributed by atoms with Crippen molar-refractivity contribution in [3.63, 3.8) is 0 Å². The molecule has 0 aliphatic carbocycles. The molecule has 31 heavy (non-hydrogen) atoms. The lowest BCUT2D eigenvalue weighted by Gasteiger charge is -2.08. The van der Waals surface area contributed by atoms with Crippen LogP contribution in [0.2, 0.25) is 0 Å². The third-order valence-corrected chi connectivity index (χ3v) is 4.59. The van der Waals surface area contributed by atoms with Crippen LogP contribution in [-0.4, -0.2) is 17.8 Å². The number of anilines is 2. The second-order valence-corrected chi connectivity index (χ2v) is 7.44. The van der Waals surface area contributed by atoms with Crippen LogP contribution < -0.4 is 15.4 Å². The van der Waals surface area contributed by atoms with E-state index in [0.29, 0.717) is 22.7 Å². The van der Waals surface area contributed by atoms with Crippen LogP contribution in [0.3, 0.4) is 0 Å². The summed E-state index contributed by atoms with van der Waals surface area (Å²) in [6, 6.07) is 20.7. The molecule has 2 amide bonds. The monoisotopic (exact) mass is 478 g/mol. The van der Waals surface area contributed by atoms with Gasteiger partial charge in [-0.05, 0) is 66.2 Å². The van der Waals surface area contributed by atoms with Gasteiger partial charge in [-0.1, -0.05) is 34.1 Å². The molecule has 3 aromatic carbocycles. The quantitative estimate of drug-likeness (QED) is 0.286. The van der Waals surface area contributed by atoms with Crippen molar-refractivity contribution >= 4 is 51.2 Å². The summed E-state index contributed by atoms with van der Waals surface area (Å²) in [6.07, 6.45) is 3.18. The SMILES string of the molecule is CC(=O)Oc1cccc(C(=O)Nc2ccc(NC(=O)/C=C/c3ccc(Br)cc3)cc2)c1. The molecule has 0 aliphatic heterocycles. The minimum absolute atomic E-state index is 0.262. The van der Waals surface area contributed by atoms with Gasteiger partial charge in [0.1, 0.15) is 5.75 Å². The van der Waals surface area contributed by atoms with Gasteiger partial charge in [0.05, 0.1) is 0 Å². The lowest BCUT2D eigenvalue weighted by atomic mass is 10.2. The Morgan fingerprint density at radius 3 is 2.16 bits per heavy atom. The number of nitrogens with one attached hydrogen (secondary N) is 2. The molecule has 0 fully saturated rings. The first kappa shape index (κ1) is 22.0. The van der Waals surface area contributed by atoms with E-state index < -0.39 is 5.97 Å². The topological polar surface area (TPSA) is 84.5 Å². The summed E-state index contributed by atoms with van der Waals surface area (Å²) in [5.74, 6) is -0.763. The first-order valence-electron chi connectivity index (χ1n) is 9.33. The molecular weight excluding hydrogens is 460 g/mol. The molecule has 0 saturated heterocycles. The fourth-order valence-corrected chi connectivity index (χ4v) is 2.90. The van der Waals surface area contributed by atoms with Crippen LogP contribution >= 0.6 is 15.9 Å². The Morgan fingerprint density at radius 1 is 0.871 bits per heavy atom. The van der Waals surface area contributed by atoms with Crippen molar-refractivity contribution in [1.29, 1.82) is 0 Å². The van der Waals surface area contributed by atoms with Gasteiger partial charge in [0.15, 0.2) is 0 Å². The second-order valence-electron chi connectivity index (χ2n) is 6.53. The maximum absolute atomic E-state index is 12.4. The maximum Gasteiger partial charge on any atom is 0.308 e. The molecule has 7 heteroatoms. The fourth-order valence-electron chi connectivity index (χ4n) is 2.64. The van der Waals surface area contributed by atoms with Gasteiger partial charge in [-0.15, -0.1) is 0 Å². The number of rotatable bonds is 6. The first-order valence-corrected chi connectivity index (χ1v) is 10.1. The van der Waals surface area contributed by atoms with Crippen LogP contribution in [0.5, 0.6) is 5.75 Å². The van der Waals surface area contributed by atoms with Crippen molar-refractivity contribution in [1.82, 2.24) is 0 Å². The number of carbonyl (C=O) groups is 3. The van der Waals surface area contributed by atoms with Gasteiger partial charge in [0, 0.05) is 34.4 Å². The van der Waals surface area contributed by atoms with Crippen molar-refractivity contribution in [3.05, 3.63) is 94.5 Å². The molecule has 0 bridgehead atoms. The molecule has 0 spiro atoms. The number of hydrogen-bond acceptors (Lipinski definition) is 4. The number of ether oxygens (including phenoxy) is 1. The summed E-state index contributed by atoms with van der Waals surface area (Å²) < 4.78 is 5.97. The van der Waals surface area contributed by atoms with Crippen molar-refractivity contribution in [2.75, 3.05) is 10.6 Å². The van der Waals surface area contributed by atoms with Crippen molar-refractivity contribution in [2.24, 2.45) is 0 Å². The molecule has 2 N–H and O–H groups in total. The lowest BCUT2D eigenvalue weighted by Crippen LogP contribution is -2.12. The van der Waals surface area contributed by atoms with E-state index >= 15 is 0 Å². The smallest absolute Gasteiger partial charge is 0.308 e. The van der Waals surface area contributed by atoms with Crippen LogP contribution in [0.4, 0.5) is 11.4 Å². The Bertz CT molecular complexity index is 1120. The Hall–Kier alpha value is -3.71. The zero-order valence-electron chi connectivity index (χ0n) is 16.6. The average Bonchev–Trinajstić information content (AvgIpc) is 2.74. The Balaban J connectivity index is 1.57. The highest BCUT2D eigenvalue weighted by Crippen LogP contribution is 2.18. The normalized spacial score (nSPS) is 10.5. The fraction of sp³-hybridized carbons (Fsp3) is 0.0417. The summed E-state index contributed by atoms with van der Waals surface area (Å²) in [6.45, 7) is 1.30. The molecule has 0 radical (unpaired) electrons. The third kappa shape index (κ3) is 6.94. The highest BCUT2D eigenvalue weighted by molar-refractivity contribution is 9.10. The van der Waals surface area contributed by atoms with Gasteiger partial charge >= 0.3 is 5.97 Å². The summed E-state index contributed by atoms with van der Waals surface area (Å²) in [4.78, 5) is 35.6. The molecule has 0 atom stereocenters. The van der Waals surface area contributed by atoms with Gasteiger partial charge in [0.25, 0.3) is 5.91 Å². The maximum atomic E-state index is 12.4. The van der Waals surface area contributed by atoms with Crippen molar-refractivity contribution in [3.8, 4) is 5.75 Å². The first-order chi connectivity index (χ1) is 14.9. The molecule has 0 unspecified atom stereocenters. The van der Waals surface area contributed by atoms with E-state index in [4.69, 9.17) is 4.74 Å². The second kappa shape index (κ2) is 10.4. The number of esters is 1. The number of carbonyl (C=O) groups excluding carboxylic acids is 3. The average molecular weight is 479 g/mol. The van der Waals surface area contributed by atoms with Gasteiger partial charge in [-0.25, -0.2) is 0 Å². The summed E-state index contributed by atoms with van der Waals surface area (Å²) >= 11 is 3.37. The highest BCUT2D eigenvalue weighted by atomic mass is 79.9. The van der Waals surface area contributed by atoms with Crippen molar-refractivity contribution < 1.29 is 19.1 Å². The van der Waals surface area contributed by atoms with Crippen LogP contribution in [0.25, 0.3) is 6.08 Å². The molecule has 3 aromatic rings. The Kier molecular flexibility index (Phi) is 7.35. The van der Waals surface area contributed by atoms with E-state index in [9.17, 15) is 14.4 Å². The predicted octanol–water partition coefficient (Wildman–Crippen LogP) is 5.28. The van der Waals surface area contributed by atoms with Gasteiger partial charge < -0.3 is 15.4 Å². The molecule has 0 aromatic heterocycles. The molecular formula is C24H19BrN2O4. The molecule has 0 heterocycles. The summed E-state index contributed by atoms with van der Waals surface area (Å²) in [5, 5.41) is 5.53. The molecule has 0 aliphatic rings. The summed E-state index contributed by atoms with van der Waals surface area (Å²) in [5.41, 5.74) is 2.43. The third-order valence-electron chi connectivity index (χ3n) is 4.07. The zero-order chi connectivity index (χ0) is 22.2. The molecule has 6 nitrogen and oxygen atoms in total. The van der Waals surface area contributed by atoms with Crippen LogP contribution in [0, 0.1) is 0 Å². The van der Waals surface area contributed by atoms with Gasteiger partial charge in [-0.3, -0.25) is 14.4 Å². The molecule has 0 saturated carbocycles. The van der Waals surface area contributed by atoms with Gasteiger partial charge in [0.2, 0.25) is 5.91 Å². The Labute approximate surface area is 188 Å². The minimum atomic E-state index is -0.457. The number of halogens is 1. The zero-order valence-corrected chi connectivity index (χ0v) is 18.2. The standard InChI is InChI=1S/C24H19BrN2O4/c1-16(28)31-22-4-2-3-18(15-22)24(30)27-21-12-10-20(11-13-21)26-23(29)14-7-17-5-8-19(25)9-6-17/h2-15H,1H3,(H,26,29)(H,27,30)/b14-7+. The van der Waals surface area contributed by atoms with Crippen LogP contribution in [-0.2, 0) is 9.59 Å². The van der Waals surface area contributed by atoms with Crippen LogP contribution in [0.1, 0.15) is 22.8 Å². The van der Waals surface area contributed by atoms with E-state index in [-0.39, 0.29) is 11.8 Å². The molecule has 156 valence electrons. The highest BCUT2D eigenvalue weighted by Gasteiger charge is 2.08. The largest absolute Gasteiger partial charge is 0.427 e. The summed E-state index contributed by atoms with van der Waals surface area (Å²) in [7, 11) is 0. The predicted molar refractivity (Wildman–Crippen MR) is 124 cm³/mol. The number of amides is 2. The van der Waals surface area contributed by atoms with E-state index in [1.165, 1.54) is 19.1 Å². The van der Waals surface area contributed by atoms with Crippen molar-refractivity contribution in [2.45, 2.75) is 6.92 Å². The number of benzene rings is 3. The van der Waals surface area contributed by atoms with E-state index in [1.54, 1.807) is 48.5 Å². The number of hydrogen-bond donors (Lipinski definition) is 2. The van der Waals surface area contributed by atoms with E-state index in [1.807, 2.05) is 24.3 Å². The van der Waals surface area contributed by atoms with E-state index in [2.05, 4.69) is 26.6 Å². The Morgan fingerprint density at radius 2 is 1.52 bits per heavy atom. The van der Waals surface area contributed by atoms with Crippen LogP contribution in [0.15, 0.2) is 83.3 Å². The van der Waals surface area contributed by atoms with E-state index in [0.717, 1.165) is 10.0 Å². The lowest BCUT2D eigenvalue weighted by molar-refractivity contribution is -0.131. The van der Waals surface area contributed by atoms with Gasteiger partial charge in [-0.2, -0.15) is 0 Å². The minimum Gasteiger partial charge on any atom is -0.427 e. The molecule has 3 rings (SSSR count).